The lowest BCUT2D eigenvalue weighted by Gasteiger charge is -2.13. The summed E-state index contributed by atoms with van der Waals surface area (Å²) in [5.74, 6) is 4.89. The van der Waals surface area contributed by atoms with Gasteiger partial charge in [0.2, 0.25) is 0 Å². The van der Waals surface area contributed by atoms with E-state index in [1.165, 1.54) is 6.08 Å². The van der Waals surface area contributed by atoms with E-state index in [-0.39, 0.29) is 5.78 Å². The molecular weight excluding hydrogens is 328 g/mol. The maximum atomic E-state index is 12.2. The van der Waals surface area contributed by atoms with Crippen LogP contribution in [0.4, 0.5) is 0 Å². The minimum atomic E-state index is -0.968. The summed E-state index contributed by atoms with van der Waals surface area (Å²) >= 11 is 0. The van der Waals surface area contributed by atoms with Crippen LogP contribution in [0.25, 0.3) is 0 Å². The highest BCUT2D eigenvalue weighted by Crippen LogP contribution is 2.20. The van der Waals surface area contributed by atoms with Gasteiger partial charge in [0.1, 0.15) is 12.2 Å². The number of aliphatic hydroxyl groups is 1. The molecule has 0 radical (unpaired) electrons. The summed E-state index contributed by atoms with van der Waals surface area (Å²) in [6.07, 6.45) is 6.08. The van der Waals surface area contributed by atoms with Gasteiger partial charge in [-0.3, -0.25) is 9.59 Å². The molecule has 0 spiro atoms. The van der Waals surface area contributed by atoms with Crippen LogP contribution in [0.5, 0.6) is 0 Å². The zero-order valence-electron chi connectivity index (χ0n) is 15.6. The van der Waals surface area contributed by atoms with Crippen molar-refractivity contribution in [2.24, 2.45) is 5.92 Å². The van der Waals surface area contributed by atoms with Crippen LogP contribution in [0.15, 0.2) is 42.5 Å². The topological polar surface area (TPSA) is 63.6 Å². The lowest BCUT2D eigenvalue weighted by atomic mass is 9.98. The lowest BCUT2D eigenvalue weighted by molar-refractivity contribution is -0.133. The number of ketones is 1. The molecule has 0 aliphatic carbocycles. The van der Waals surface area contributed by atoms with Crippen molar-refractivity contribution in [3.8, 4) is 11.8 Å². The number of aliphatic hydroxyl groups excluding tert-OH is 1. The minimum Gasteiger partial charge on any atom is -0.459 e. The predicted octanol–water partition coefficient (Wildman–Crippen LogP) is 4.00. The Morgan fingerprint density at radius 3 is 2.65 bits per heavy atom. The first kappa shape index (κ1) is 21.7. The van der Waals surface area contributed by atoms with Crippen molar-refractivity contribution in [2.75, 3.05) is 0 Å². The highest BCUT2D eigenvalue weighted by molar-refractivity contribution is 5.92. The summed E-state index contributed by atoms with van der Waals surface area (Å²) in [6.45, 7) is 4.19. The molecule has 0 unspecified atom stereocenters. The fraction of sp³-hybridized carbons (Fsp3) is 0.455. The molecule has 26 heavy (non-hydrogen) atoms. The predicted molar refractivity (Wildman–Crippen MR) is 102 cm³/mol. The molecule has 0 aliphatic heterocycles. The summed E-state index contributed by atoms with van der Waals surface area (Å²) in [5.41, 5.74) is 0.864. The van der Waals surface area contributed by atoms with E-state index < -0.39 is 18.1 Å². The number of allylic oxidation sites excluding steroid dienone is 1. The zero-order chi connectivity index (χ0) is 19.2. The molecule has 1 aromatic rings. The van der Waals surface area contributed by atoms with Gasteiger partial charge in [-0.1, -0.05) is 69.0 Å². The Hall–Kier alpha value is -2.38. The largest absolute Gasteiger partial charge is 0.459 e. The van der Waals surface area contributed by atoms with E-state index >= 15 is 0 Å². The van der Waals surface area contributed by atoms with Gasteiger partial charge in [0.15, 0.2) is 5.78 Å². The minimum absolute atomic E-state index is 0.196. The molecule has 4 heteroatoms. The van der Waals surface area contributed by atoms with Crippen molar-refractivity contribution in [2.45, 2.75) is 58.2 Å². The number of ether oxygens (including phenoxy) is 1. The average molecular weight is 356 g/mol. The molecule has 0 saturated heterocycles. The van der Waals surface area contributed by atoms with E-state index in [1.54, 1.807) is 13.0 Å². The summed E-state index contributed by atoms with van der Waals surface area (Å²) in [5, 5.41) is 10.0. The Balaban J connectivity index is 2.54. The van der Waals surface area contributed by atoms with Gasteiger partial charge >= 0.3 is 0 Å². The molecule has 1 aromatic carbocycles. The highest BCUT2D eigenvalue weighted by Gasteiger charge is 2.18. The molecule has 0 aliphatic rings. The van der Waals surface area contributed by atoms with Crippen LogP contribution >= 0.6 is 0 Å². The molecule has 1 rings (SSSR count). The van der Waals surface area contributed by atoms with Gasteiger partial charge in [-0.05, 0) is 18.1 Å². The number of carbonyl (C=O) groups is 2. The first-order chi connectivity index (χ1) is 12.6. The third-order valence-electron chi connectivity index (χ3n) is 4.10. The van der Waals surface area contributed by atoms with E-state index in [0.29, 0.717) is 12.9 Å². The van der Waals surface area contributed by atoms with Gasteiger partial charge < -0.3 is 9.84 Å². The van der Waals surface area contributed by atoms with E-state index in [0.717, 1.165) is 31.2 Å². The maximum absolute atomic E-state index is 12.2. The number of carbonyl (C=O) groups excluding carboxylic acids is 2. The summed E-state index contributed by atoms with van der Waals surface area (Å²) in [6, 6.07) is 9.34. The van der Waals surface area contributed by atoms with E-state index in [2.05, 4.69) is 18.8 Å². The number of rotatable bonds is 11. The quantitative estimate of drug-likeness (QED) is 0.282. The number of hydrogen-bond donors (Lipinski definition) is 1. The molecule has 0 saturated carbocycles. The number of hydrogen-bond acceptors (Lipinski definition) is 4. The number of unbranched alkanes of at least 4 members (excludes halogenated alkanes) is 3. The fourth-order valence-electron chi connectivity index (χ4n) is 2.39. The zero-order valence-corrected chi connectivity index (χ0v) is 15.6. The first-order valence-corrected chi connectivity index (χ1v) is 9.11. The molecule has 0 heterocycles. The molecular formula is C22H28O4. The normalized spacial score (nSPS) is 14.1. The fourth-order valence-corrected chi connectivity index (χ4v) is 2.39. The second kappa shape index (κ2) is 12.9. The molecule has 140 valence electrons. The Labute approximate surface area is 156 Å². The van der Waals surface area contributed by atoms with Crippen LogP contribution < -0.4 is 0 Å². The summed E-state index contributed by atoms with van der Waals surface area (Å²) in [4.78, 5) is 22.9. The molecule has 3 atom stereocenters. The number of benzene rings is 1. The Morgan fingerprint density at radius 2 is 2.00 bits per heavy atom. The van der Waals surface area contributed by atoms with Crippen molar-refractivity contribution >= 4 is 12.3 Å². The van der Waals surface area contributed by atoms with E-state index in [4.69, 9.17) is 4.74 Å². The Bertz CT molecular complexity index is 625. The van der Waals surface area contributed by atoms with Crippen molar-refractivity contribution in [1.82, 2.24) is 0 Å². The van der Waals surface area contributed by atoms with Crippen molar-refractivity contribution < 1.29 is 19.4 Å². The van der Waals surface area contributed by atoms with Crippen molar-refractivity contribution in [3.05, 3.63) is 48.0 Å². The molecule has 0 aromatic heterocycles. The average Bonchev–Trinajstić information content (AvgIpc) is 2.67. The van der Waals surface area contributed by atoms with Gasteiger partial charge in [0, 0.05) is 12.8 Å². The molecule has 0 fully saturated rings. The monoisotopic (exact) mass is 356 g/mol. The lowest BCUT2D eigenvalue weighted by Crippen LogP contribution is -2.22. The van der Waals surface area contributed by atoms with Gasteiger partial charge in [0.05, 0.1) is 5.92 Å². The van der Waals surface area contributed by atoms with Crippen LogP contribution in [0.3, 0.4) is 0 Å². The van der Waals surface area contributed by atoms with Crippen LogP contribution in [0.2, 0.25) is 0 Å². The standard InChI is InChI=1S/C22H28O4/c1-3-4-5-6-10-14-20(24)18(2)21(25)15-11-16-22(26-17-23)19-12-8-7-9-13-19/h7-9,11-13,15,17-18,20,22,24H,3-6,16H2,1-2H3/b15-11+/t18-,20-,22+/m0/s1. The summed E-state index contributed by atoms with van der Waals surface area (Å²) in [7, 11) is 0. The van der Waals surface area contributed by atoms with Crippen LogP contribution in [-0.2, 0) is 14.3 Å². The third kappa shape index (κ3) is 8.13. The van der Waals surface area contributed by atoms with Crippen LogP contribution in [0.1, 0.15) is 57.6 Å². The van der Waals surface area contributed by atoms with Gasteiger partial charge in [-0.25, -0.2) is 0 Å². The van der Waals surface area contributed by atoms with Crippen LogP contribution in [0, 0.1) is 17.8 Å². The second-order valence-corrected chi connectivity index (χ2v) is 6.18. The van der Waals surface area contributed by atoms with E-state index in [1.807, 2.05) is 30.3 Å². The third-order valence-corrected chi connectivity index (χ3v) is 4.10. The van der Waals surface area contributed by atoms with Gasteiger partial charge in [-0.2, -0.15) is 0 Å². The molecule has 0 amide bonds. The second-order valence-electron chi connectivity index (χ2n) is 6.18. The molecule has 4 nitrogen and oxygen atoms in total. The van der Waals surface area contributed by atoms with E-state index in [9.17, 15) is 14.7 Å². The summed E-state index contributed by atoms with van der Waals surface area (Å²) < 4.78 is 5.09. The Morgan fingerprint density at radius 1 is 1.27 bits per heavy atom. The van der Waals surface area contributed by atoms with Crippen LogP contribution in [-0.4, -0.2) is 23.5 Å². The van der Waals surface area contributed by atoms with Gasteiger partial charge in [0.25, 0.3) is 6.47 Å². The molecule has 0 bridgehead atoms. The smallest absolute Gasteiger partial charge is 0.293 e. The molecule has 1 N–H and O–H groups in total. The van der Waals surface area contributed by atoms with Crippen molar-refractivity contribution in [1.29, 1.82) is 0 Å². The Kier molecular flexibility index (Phi) is 10.8. The maximum Gasteiger partial charge on any atom is 0.293 e. The SMILES string of the molecule is CCCCCC#C[C@H](O)[C@H](C)C(=O)/C=C/C[C@@H](OC=O)c1ccccc1. The van der Waals surface area contributed by atoms with Crippen molar-refractivity contribution in [3.63, 3.8) is 0 Å². The first-order valence-electron chi connectivity index (χ1n) is 9.11. The highest BCUT2D eigenvalue weighted by atomic mass is 16.5. The van der Waals surface area contributed by atoms with Gasteiger partial charge in [-0.15, -0.1) is 5.92 Å².